The van der Waals surface area contributed by atoms with Crippen molar-refractivity contribution in [3.63, 3.8) is 0 Å². The number of alkyl halides is 3. The maximum atomic E-state index is 12.2. The molecule has 5 heteroatoms. The van der Waals surface area contributed by atoms with Crippen LogP contribution in [0.1, 0.15) is 0 Å². The highest BCUT2D eigenvalue weighted by atomic mass is 35.5. The Morgan fingerprint density at radius 3 is 2.36 bits per heavy atom. The zero-order valence-electron chi connectivity index (χ0n) is 6.12. The van der Waals surface area contributed by atoms with Crippen molar-refractivity contribution in [2.24, 2.45) is 0 Å². The average Bonchev–Trinajstić information content (AvgIpc) is 1.85. The molecule has 1 aliphatic heterocycles. The van der Waals surface area contributed by atoms with Crippen molar-refractivity contribution in [1.29, 1.82) is 0 Å². The number of hydrogen-bond donors (Lipinski definition) is 1. The highest BCUT2D eigenvalue weighted by molar-refractivity contribution is 6.21. The molecule has 1 N–H and O–H groups in total. The molecule has 0 radical (unpaired) electrons. The van der Waals surface area contributed by atoms with Gasteiger partial charge in [0, 0.05) is 26.2 Å². The highest BCUT2D eigenvalue weighted by Crippen LogP contribution is 2.19. The smallest absolute Gasteiger partial charge is 0.314 e. The van der Waals surface area contributed by atoms with Crippen molar-refractivity contribution >= 4 is 11.6 Å². The van der Waals surface area contributed by atoms with Crippen molar-refractivity contribution < 1.29 is 8.78 Å². The van der Waals surface area contributed by atoms with E-state index in [1.165, 1.54) is 0 Å². The Labute approximate surface area is 69.5 Å². The molecule has 1 heterocycles. The molecule has 0 aromatic heterocycles. The zero-order valence-corrected chi connectivity index (χ0v) is 6.87. The standard InChI is InChI=1S/C6H11ClF2N2/c7-6(8,9)5-11-3-1-10-2-4-11/h10H,1-5H2. The van der Waals surface area contributed by atoms with Crippen LogP contribution in [0, 0.1) is 0 Å². The van der Waals surface area contributed by atoms with Crippen LogP contribution >= 0.6 is 11.6 Å². The van der Waals surface area contributed by atoms with Gasteiger partial charge >= 0.3 is 5.38 Å². The fourth-order valence-electron chi connectivity index (χ4n) is 1.12. The first-order chi connectivity index (χ1) is 5.08. The monoisotopic (exact) mass is 184 g/mol. The Morgan fingerprint density at radius 2 is 1.91 bits per heavy atom. The van der Waals surface area contributed by atoms with Gasteiger partial charge in [-0.15, -0.1) is 0 Å². The molecule has 0 aromatic carbocycles. The molecule has 0 aromatic rings. The fourth-order valence-corrected chi connectivity index (χ4v) is 1.29. The minimum absolute atomic E-state index is 0.337. The van der Waals surface area contributed by atoms with E-state index >= 15 is 0 Å². The van der Waals surface area contributed by atoms with Gasteiger partial charge in [0.15, 0.2) is 0 Å². The summed E-state index contributed by atoms with van der Waals surface area (Å²) in [6.45, 7) is 2.51. The average molecular weight is 185 g/mol. The molecule has 11 heavy (non-hydrogen) atoms. The van der Waals surface area contributed by atoms with Crippen LogP contribution in [0.3, 0.4) is 0 Å². The van der Waals surface area contributed by atoms with Gasteiger partial charge in [0.05, 0.1) is 6.54 Å². The maximum Gasteiger partial charge on any atom is 0.334 e. The summed E-state index contributed by atoms with van der Waals surface area (Å²) >= 11 is 4.77. The molecule has 0 unspecified atom stereocenters. The molecule has 1 fully saturated rings. The van der Waals surface area contributed by atoms with Gasteiger partial charge in [-0.2, -0.15) is 8.78 Å². The Kier molecular flexibility index (Phi) is 3.04. The first-order valence-electron chi connectivity index (χ1n) is 3.58. The van der Waals surface area contributed by atoms with E-state index in [0.717, 1.165) is 13.1 Å². The molecular formula is C6H11ClF2N2. The Balaban J connectivity index is 2.24. The molecule has 1 aliphatic rings. The van der Waals surface area contributed by atoms with Crippen LogP contribution in [0.5, 0.6) is 0 Å². The summed E-state index contributed by atoms with van der Waals surface area (Å²) in [7, 11) is 0. The van der Waals surface area contributed by atoms with E-state index in [0.29, 0.717) is 13.1 Å². The third-order valence-corrected chi connectivity index (χ3v) is 1.73. The van der Waals surface area contributed by atoms with Crippen LogP contribution < -0.4 is 5.32 Å². The lowest BCUT2D eigenvalue weighted by molar-refractivity contribution is 0.0429. The van der Waals surface area contributed by atoms with E-state index in [-0.39, 0.29) is 6.54 Å². The van der Waals surface area contributed by atoms with Crippen molar-refractivity contribution in [1.82, 2.24) is 10.2 Å². The predicted molar refractivity (Wildman–Crippen MR) is 40.1 cm³/mol. The first kappa shape index (κ1) is 9.16. The molecule has 2 nitrogen and oxygen atoms in total. The van der Waals surface area contributed by atoms with Gasteiger partial charge < -0.3 is 5.32 Å². The van der Waals surface area contributed by atoms with Crippen LogP contribution in [0.2, 0.25) is 0 Å². The molecule has 0 amide bonds. The first-order valence-corrected chi connectivity index (χ1v) is 3.95. The predicted octanol–water partition coefficient (Wildman–Crippen LogP) is 0.723. The number of hydrogen-bond acceptors (Lipinski definition) is 2. The van der Waals surface area contributed by atoms with Gasteiger partial charge in [0.25, 0.3) is 0 Å². The molecule has 0 saturated carbocycles. The summed E-state index contributed by atoms with van der Waals surface area (Å²) in [6, 6.07) is 0. The van der Waals surface area contributed by atoms with Gasteiger partial charge in [-0.05, 0) is 11.6 Å². The van der Waals surface area contributed by atoms with Crippen LogP contribution in [-0.4, -0.2) is 43.0 Å². The van der Waals surface area contributed by atoms with Crippen LogP contribution in [0.4, 0.5) is 8.78 Å². The molecule has 1 rings (SSSR count). The van der Waals surface area contributed by atoms with Crippen molar-refractivity contribution in [3.8, 4) is 0 Å². The highest BCUT2D eigenvalue weighted by Gasteiger charge is 2.28. The van der Waals surface area contributed by atoms with E-state index in [1.807, 2.05) is 0 Å². The lowest BCUT2D eigenvalue weighted by Gasteiger charge is -2.28. The van der Waals surface area contributed by atoms with E-state index < -0.39 is 5.38 Å². The summed E-state index contributed by atoms with van der Waals surface area (Å²) in [5.74, 6) is 0. The third-order valence-electron chi connectivity index (χ3n) is 1.61. The molecule has 1 saturated heterocycles. The number of halogens is 3. The fraction of sp³-hybridized carbons (Fsp3) is 1.00. The third kappa shape index (κ3) is 3.84. The molecule has 66 valence electrons. The SMILES string of the molecule is FC(F)(Cl)CN1CCNCC1. The summed E-state index contributed by atoms with van der Waals surface area (Å²) in [5, 5.41) is -0.00126. The normalized spacial score (nSPS) is 22.1. The second-order valence-electron chi connectivity index (χ2n) is 2.64. The molecule has 0 bridgehead atoms. The topological polar surface area (TPSA) is 15.3 Å². The van der Waals surface area contributed by atoms with Gasteiger partial charge in [-0.3, -0.25) is 4.90 Å². The van der Waals surface area contributed by atoms with E-state index in [4.69, 9.17) is 11.6 Å². The Bertz CT molecular complexity index is 120. The number of nitrogens with one attached hydrogen (secondary N) is 1. The van der Waals surface area contributed by atoms with Gasteiger partial charge in [0.1, 0.15) is 0 Å². The maximum absolute atomic E-state index is 12.2. The number of nitrogens with zero attached hydrogens (tertiary/aromatic N) is 1. The van der Waals surface area contributed by atoms with Crippen LogP contribution in [-0.2, 0) is 0 Å². The summed E-state index contributed by atoms with van der Waals surface area (Å²) in [6.07, 6.45) is 0. The molecule has 0 spiro atoms. The minimum atomic E-state index is -3.07. The van der Waals surface area contributed by atoms with Crippen molar-refractivity contribution in [3.05, 3.63) is 0 Å². The van der Waals surface area contributed by atoms with Gasteiger partial charge in [-0.1, -0.05) is 0 Å². The summed E-state index contributed by atoms with van der Waals surface area (Å²) < 4.78 is 24.4. The van der Waals surface area contributed by atoms with Crippen molar-refractivity contribution in [2.75, 3.05) is 32.7 Å². The molecule has 0 atom stereocenters. The van der Waals surface area contributed by atoms with Crippen LogP contribution in [0.25, 0.3) is 0 Å². The number of rotatable bonds is 2. The second-order valence-corrected chi connectivity index (χ2v) is 3.19. The Morgan fingerprint density at radius 1 is 1.36 bits per heavy atom. The van der Waals surface area contributed by atoms with E-state index in [2.05, 4.69) is 5.32 Å². The van der Waals surface area contributed by atoms with Gasteiger partial charge in [0.2, 0.25) is 0 Å². The number of piperazine rings is 1. The van der Waals surface area contributed by atoms with Gasteiger partial charge in [-0.25, -0.2) is 0 Å². The lowest BCUT2D eigenvalue weighted by atomic mass is 10.3. The quantitative estimate of drug-likeness (QED) is 0.637. The summed E-state index contributed by atoms with van der Waals surface area (Å²) in [5.41, 5.74) is 0. The summed E-state index contributed by atoms with van der Waals surface area (Å²) in [4.78, 5) is 1.66. The lowest BCUT2D eigenvalue weighted by Crippen LogP contribution is -2.46. The van der Waals surface area contributed by atoms with E-state index in [9.17, 15) is 8.78 Å². The van der Waals surface area contributed by atoms with Crippen LogP contribution in [0.15, 0.2) is 0 Å². The minimum Gasteiger partial charge on any atom is -0.314 e. The molecular weight excluding hydrogens is 174 g/mol. The second kappa shape index (κ2) is 3.65. The van der Waals surface area contributed by atoms with E-state index in [1.54, 1.807) is 4.90 Å². The largest absolute Gasteiger partial charge is 0.334 e. The molecule has 0 aliphatic carbocycles. The zero-order chi connectivity index (χ0) is 8.32. The Hall–Kier alpha value is 0.0700. The van der Waals surface area contributed by atoms with Crippen molar-refractivity contribution in [2.45, 2.75) is 5.38 Å².